The summed E-state index contributed by atoms with van der Waals surface area (Å²) in [7, 11) is 0. The van der Waals surface area contributed by atoms with E-state index in [-0.39, 0.29) is 35.0 Å². The van der Waals surface area contributed by atoms with Crippen LogP contribution in [0.2, 0.25) is 0 Å². The number of rotatable bonds is 4. The zero-order chi connectivity index (χ0) is 15.5. The minimum absolute atomic E-state index is 0. The van der Waals surface area contributed by atoms with Gasteiger partial charge in [0.15, 0.2) is 0 Å². The quantitative estimate of drug-likeness (QED) is 0.851. The van der Waals surface area contributed by atoms with E-state index in [0.717, 1.165) is 30.8 Å². The first-order valence-electron chi connectivity index (χ1n) is 7.70. The van der Waals surface area contributed by atoms with Gasteiger partial charge in [0.2, 0.25) is 5.91 Å². The number of nitrogens with zero attached hydrogens (tertiary/aromatic N) is 1. The Labute approximate surface area is 144 Å². The number of likely N-dealkylation sites (tertiary alicyclic amines) is 1. The molecule has 5 heteroatoms. The Bertz CT molecular complexity index is 481. The van der Waals surface area contributed by atoms with Crippen LogP contribution in [-0.4, -0.2) is 35.2 Å². The molecule has 1 heterocycles. The van der Waals surface area contributed by atoms with Crippen LogP contribution in [0, 0.1) is 5.41 Å². The van der Waals surface area contributed by atoms with Gasteiger partial charge in [-0.05, 0) is 30.4 Å². The van der Waals surface area contributed by atoms with Gasteiger partial charge in [-0.25, -0.2) is 0 Å². The molecule has 124 valence electrons. The third kappa shape index (κ3) is 4.64. The Kier molecular flexibility index (Phi) is 7.23. The van der Waals surface area contributed by atoms with E-state index in [4.69, 9.17) is 5.73 Å². The number of carbonyl (C=O) groups is 1. The molecule has 0 saturated carbocycles. The van der Waals surface area contributed by atoms with E-state index < -0.39 is 0 Å². The van der Waals surface area contributed by atoms with E-state index in [9.17, 15) is 4.79 Å². The SMILES string of the molecule is CCC(Sc1ccccc1)C(=O)N1CCC(N)C(C)(C)C1.Cl. The maximum atomic E-state index is 12.8. The van der Waals surface area contributed by atoms with Crippen molar-refractivity contribution in [2.45, 2.75) is 49.8 Å². The van der Waals surface area contributed by atoms with Crippen LogP contribution >= 0.6 is 24.2 Å². The van der Waals surface area contributed by atoms with Gasteiger partial charge in [-0.1, -0.05) is 39.0 Å². The molecule has 1 fully saturated rings. The van der Waals surface area contributed by atoms with Gasteiger partial charge in [0.1, 0.15) is 0 Å². The summed E-state index contributed by atoms with van der Waals surface area (Å²) in [6, 6.07) is 10.4. The molecular weight excluding hydrogens is 316 g/mol. The number of hydrogen-bond donors (Lipinski definition) is 1. The summed E-state index contributed by atoms with van der Waals surface area (Å²) in [6.07, 6.45) is 1.74. The van der Waals surface area contributed by atoms with E-state index in [1.165, 1.54) is 0 Å². The second-order valence-electron chi connectivity index (χ2n) is 6.47. The lowest BCUT2D eigenvalue weighted by Crippen LogP contribution is -2.55. The lowest BCUT2D eigenvalue weighted by Gasteiger charge is -2.43. The van der Waals surface area contributed by atoms with E-state index >= 15 is 0 Å². The van der Waals surface area contributed by atoms with Gasteiger partial charge in [0.05, 0.1) is 5.25 Å². The fourth-order valence-electron chi connectivity index (χ4n) is 2.74. The molecule has 0 spiro atoms. The number of amides is 1. The summed E-state index contributed by atoms with van der Waals surface area (Å²) in [5.74, 6) is 0.256. The molecule has 2 N–H and O–H groups in total. The third-order valence-electron chi connectivity index (χ3n) is 4.29. The first kappa shape index (κ1) is 19.3. The maximum Gasteiger partial charge on any atom is 0.236 e. The molecule has 22 heavy (non-hydrogen) atoms. The second kappa shape index (κ2) is 8.23. The molecule has 3 nitrogen and oxygen atoms in total. The predicted octanol–water partition coefficient (Wildman–Crippen LogP) is 3.56. The highest BCUT2D eigenvalue weighted by Crippen LogP contribution is 2.31. The number of benzene rings is 1. The van der Waals surface area contributed by atoms with Crippen LogP contribution in [0.15, 0.2) is 35.2 Å². The second-order valence-corrected chi connectivity index (χ2v) is 7.75. The van der Waals surface area contributed by atoms with Crippen LogP contribution in [0.5, 0.6) is 0 Å². The monoisotopic (exact) mass is 342 g/mol. The van der Waals surface area contributed by atoms with Crippen molar-refractivity contribution in [2.24, 2.45) is 11.1 Å². The van der Waals surface area contributed by atoms with Gasteiger partial charge in [0.25, 0.3) is 0 Å². The lowest BCUT2D eigenvalue weighted by molar-refractivity contribution is -0.134. The first-order valence-corrected chi connectivity index (χ1v) is 8.58. The zero-order valence-corrected chi connectivity index (χ0v) is 15.3. The van der Waals surface area contributed by atoms with Crippen molar-refractivity contribution in [2.75, 3.05) is 13.1 Å². The molecule has 1 aliphatic heterocycles. The Morgan fingerprint density at radius 2 is 2.05 bits per heavy atom. The molecular formula is C17H27ClN2OS. The molecule has 2 unspecified atom stereocenters. The minimum Gasteiger partial charge on any atom is -0.341 e. The van der Waals surface area contributed by atoms with Crippen LogP contribution in [0.3, 0.4) is 0 Å². The third-order valence-corrected chi connectivity index (χ3v) is 5.66. The topological polar surface area (TPSA) is 46.3 Å². The Morgan fingerprint density at radius 1 is 1.41 bits per heavy atom. The normalized spacial score (nSPS) is 21.8. The van der Waals surface area contributed by atoms with Gasteiger partial charge in [-0.15, -0.1) is 24.2 Å². The number of carbonyl (C=O) groups excluding carboxylic acids is 1. The Hall–Kier alpha value is -0.710. The molecule has 1 aliphatic rings. The van der Waals surface area contributed by atoms with Crippen LogP contribution in [0.4, 0.5) is 0 Å². The number of halogens is 1. The van der Waals surface area contributed by atoms with Crippen LogP contribution < -0.4 is 5.73 Å². The summed E-state index contributed by atoms with van der Waals surface area (Å²) in [6.45, 7) is 7.94. The lowest BCUT2D eigenvalue weighted by atomic mass is 9.79. The van der Waals surface area contributed by atoms with Gasteiger partial charge in [-0.3, -0.25) is 4.79 Å². The summed E-state index contributed by atoms with van der Waals surface area (Å²) < 4.78 is 0. The summed E-state index contributed by atoms with van der Waals surface area (Å²) in [4.78, 5) is 16.0. The Morgan fingerprint density at radius 3 is 2.59 bits per heavy atom. The van der Waals surface area contributed by atoms with E-state index in [1.54, 1.807) is 11.8 Å². The summed E-state index contributed by atoms with van der Waals surface area (Å²) >= 11 is 1.67. The van der Waals surface area contributed by atoms with Gasteiger partial charge < -0.3 is 10.6 Å². The maximum absolute atomic E-state index is 12.8. The van der Waals surface area contributed by atoms with Crippen molar-refractivity contribution in [1.82, 2.24) is 4.90 Å². The van der Waals surface area contributed by atoms with Crippen molar-refractivity contribution < 1.29 is 4.79 Å². The minimum atomic E-state index is -0.00229. The fraction of sp³-hybridized carbons (Fsp3) is 0.588. The molecule has 1 aromatic rings. The van der Waals surface area contributed by atoms with E-state index in [2.05, 4.69) is 32.9 Å². The smallest absolute Gasteiger partial charge is 0.236 e. The van der Waals surface area contributed by atoms with Crippen molar-refractivity contribution in [1.29, 1.82) is 0 Å². The average molecular weight is 343 g/mol. The molecule has 0 bridgehead atoms. The van der Waals surface area contributed by atoms with E-state index in [0.29, 0.717) is 0 Å². The first-order chi connectivity index (χ1) is 9.94. The molecule has 1 amide bonds. The molecule has 1 aromatic carbocycles. The molecule has 0 aliphatic carbocycles. The molecule has 2 atom stereocenters. The zero-order valence-electron chi connectivity index (χ0n) is 13.6. The standard InChI is InChI=1S/C17H26N2OS.ClH/c1-4-14(21-13-8-6-5-7-9-13)16(20)19-11-10-15(18)17(2,3)12-19;/h5-9,14-15H,4,10-12,18H2,1-3H3;1H. The molecule has 1 saturated heterocycles. The highest BCUT2D eigenvalue weighted by molar-refractivity contribution is 8.00. The van der Waals surface area contributed by atoms with Gasteiger partial charge in [0, 0.05) is 24.0 Å². The van der Waals surface area contributed by atoms with Crippen molar-refractivity contribution in [3.8, 4) is 0 Å². The average Bonchev–Trinajstić information content (AvgIpc) is 2.48. The van der Waals surface area contributed by atoms with Crippen LogP contribution in [-0.2, 0) is 4.79 Å². The van der Waals surface area contributed by atoms with Crippen LogP contribution in [0.25, 0.3) is 0 Å². The number of hydrogen-bond acceptors (Lipinski definition) is 3. The summed E-state index contributed by atoms with van der Waals surface area (Å²) in [5.41, 5.74) is 6.17. The molecule has 0 radical (unpaired) electrons. The fourth-order valence-corrected chi connectivity index (χ4v) is 3.80. The molecule has 0 aromatic heterocycles. The number of thioether (sulfide) groups is 1. The van der Waals surface area contributed by atoms with Gasteiger partial charge >= 0.3 is 0 Å². The summed E-state index contributed by atoms with van der Waals surface area (Å²) in [5, 5.41) is -0.00229. The largest absolute Gasteiger partial charge is 0.341 e. The Balaban J connectivity index is 0.00000242. The van der Waals surface area contributed by atoms with Crippen molar-refractivity contribution >= 4 is 30.1 Å². The van der Waals surface area contributed by atoms with Gasteiger partial charge in [-0.2, -0.15) is 0 Å². The number of nitrogens with two attached hydrogens (primary N) is 1. The molecule has 2 rings (SSSR count). The van der Waals surface area contributed by atoms with E-state index in [1.807, 2.05) is 23.1 Å². The van der Waals surface area contributed by atoms with Crippen molar-refractivity contribution in [3.63, 3.8) is 0 Å². The number of piperidine rings is 1. The highest BCUT2D eigenvalue weighted by Gasteiger charge is 2.37. The predicted molar refractivity (Wildman–Crippen MR) is 96.6 cm³/mol. The highest BCUT2D eigenvalue weighted by atomic mass is 35.5. The van der Waals surface area contributed by atoms with Crippen molar-refractivity contribution in [3.05, 3.63) is 30.3 Å². The van der Waals surface area contributed by atoms with Crippen LogP contribution in [0.1, 0.15) is 33.6 Å².